The lowest BCUT2D eigenvalue weighted by molar-refractivity contribution is -0.125. The highest BCUT2D eigenvalue weighted by Gasteiger charge is 2.65. The van der Waals surface area contributed by atoms with E-state index in [2.05, 4.69) is 27.4 Å². The van der Waals surface area contributed by atoms with Gasteiger partial charge < -0.3 is 19.9 Å². The minimum absolute atomic E-state index is 0. The number of aromatic nitrogens is 3. The molecule has 1 aromatic heterocycles. The molecule has 2 aliphatic carbocycles. The molecule has 2 saturated carbocycles. The van der Waals surface area contributed by atoms with Crippen LogP contribution in [0.2, 0.25) is 0 Å². The van der Waals surface area contributed by atoms with E-state index in [0.29, 0.717) is 36.6 Å². The standard InChI is InChI=1S/C19H30N6O.HI/c1-4-10-20-18(21-12-15-24-23-13(2)25(15)3)22-16-14-7-11-26-17(14)19(16)8-5-6-9-19;/h4,14,16-17H,1,5-12H2,2-3H3,(H2,20,21,22);1H. The third-order valence-electron chi connectivity index (χ3n) is 6.55. The van der Waals surface area contributed by atoms with E-state index < -0.39 is 0 Å². The van der Waals surface area contributed by atoms with Crippen LogP contribution >= 0.6 is 24.0 Å². The molecule has 2 heterocycles. The maximum atomic E-state index is 6.09. The van der Waals surface area contributed by atoms with E-state index in [1.807, 2.05) is 24.6 Å². The average molecular weight is 486 g/mol. The van der Waals surface area contributed by atoms with Crippen molar-refractivity contribution in [1.29, 1.82) is 0 Å². The van der Waals surface area contributed by atoms with Gasteiger partial charge in [-0.2, -0.15) is 0 Å². The highest BCUT2D eigenvalue weighted by Crippen LogP contribution is 2.60. The van der Waals surface area contributed by atoms with E-state index in [9.17, 15) is 0 Å². The molecule has 0 amide bonds. The zero-order chi connectivity index (χ0) is 18.1. The van der Waals surface area contributed by atoms with Crippen LogP contribution in [0.1, 0.15) is 43.8 Å². The second-order valence-corrected chi connectivity index (χ2v) is 7.86. The molecule has 3 fully saturated rings. The van der Waals surface area contributed by atoms with Crippen LogP contribution in [-0.4, -0.2) is 46.0 Å². The maximum Gasteiger partial charge on any atom is 0.192 e. The maximum absolute atomic E-state index is 6.09. The van der Waals surface area contributed by atoms with Crippen LogP contribution < -0.4 is 10.6 Å². The van der Waals surface area contributed by atoms with Gasteiger partial charge in [-0.3, -0.25) is 0 Å². The normalized spacial score (nSPS) is 28.4. The van der Waals surface area contributed by atoms with Crippen LogP contribution in [-0.2, 0) is 18.3 Å². The van der Waals surface area contributed by atoms with Crippen molar-refractivity contribution in [3.63, 3.8) is 0 Å². The Morgan fingerprint density at radius 1 is 1.41 bits per heavy atom. The van der Waals surface area contributed by atoms with E-state index in [0.717, 1.165) is 30.6 Å². The molecular weight excluding hydrogens is 455 g/mol. The van der Waals surface area contributed by atoms with Gasteiger partial charge >= 0.3 is 0 Å². The molecule has 1 aliphatic heterocycles. The molecule has 4 rings (SSSR count). The van der Waals surface area contributed by atoms with Crippen LogP contribution in [0.15, 0.2) is 17.6 Å². The number of ether oxygens (including phenoxy) is 1. The fraction of sp³-hybridized carbons (Fsp3) is 0.737. The molecule has 1 saturated heterocycles. The first-order chi connectivity index (χ1) is 12.7. The lowest BCUT2D eigenvalue weighted by atomic mass is 9.54. The summed E-state index contributed by atoms with van der Waals surface area (Å²) in [7, 11) is 1.98. The third-order valence-corrected chi connectivity index (χ3v) is 6.55. The Kier molecular flexibility index (Phi) is 6.45. The summed E-state index contributed by atoms with van der Waals surface area (Å²) in [5.74, 6) is 3.22. The van der Waals surface area contributed by atoms with Gasteiger partial charge in [0.15, 0.2) is 11.8 Å². The topological polar surface area (TPSA) is 76.4 Å². The lowest BCUT2D eigenvalue weighted by Crippen LogP contribution is -2.69. The predicted molar refractivity (Wildman–Crippen MR) is 116 cm³/mol. The highest BCUT2D eigenvalue weighted by atomic mass is 127. The van der Waals surface area contributed by atoms with Crippen molar-refractivity contribution in [3.05, 3.63) is 24.3 Å². The smallest absolute Gasteiger partial charge is 0.192 e. The molecule has 27 heavy (non-hydrogen) atoms. The Labute approximate surface area is 178 Å². The van der Waals surface area contributed by atoms with Crippen LogP contribution in [0, 0.1) is 18.3 Å². The molecule has 8 heteroatoms. The summed E-state index contributed by atoms with van der Waals surface area (Å²) in [6, 6.07) is 0.454. The van der Waals surface area contributed by atoms with Crippen molar-refractivity contribution < 1.29 is 4.74 Å². The van der Waals surface area contributed by atoms with Gasteiger partial charge in [0, 0.05) is 37.6 Å². The number of halogens is 1. The molecule has 2 N–H and O–H groups in total. The van der Waals surface area contributed by atoms with Crippen LogP contribution in [0.4, 0.5) is 0 Å². The number of nitrogens with zero attached hydrogens (tertiary/aromatic N) is 4. The largest absolute Gasteiger partial charge is 0.377 e. The zero-order valence-corrected chi connectivity index (χ0v) is 18.6. The molecule has 0 radical (unpaired) electrons. The first kappa shape index (κ1) is 20.6. The van der Waals surface area contributed by atoms with E-state index in [1.54, 1.807) is 0 Å². The second-order valence-electron chi connectivity index (χ2n) is 7.86. The molecule has 3 aliphatic rings. The van der Waals surface area contributed by atoms with Crippen molar-refractivity contribution in [2.75, 3.05) is 13.2 Å². The monoisotopic (exact) mass is 486 g/mol. The van der Waals surface area contributed by atoms with Crippen LogP contribution in [0.5, 0.6) is 0 Å². The van der Waals surface area contributed by atoms with Gasteiger partial charge in [0.2, 0.25) is 0 Å². The van der Waals surface area contributed by atoms with Gasteiger partial charge in [-0.1, -0.05) is 18.9 Å². The van der Waals surface area contributed by atoms with Gasteiger partial charge in [0.1, 0.15) is 12.4 Å². The number of hydrogen-bond acceptors (Lipinski definition) is 4. The fourth-order valence-corrected chi connectivity index (χ4v) is 5.11. The fourth-order valence-electron chi connectivity index (χ4n) is 5.11. The number of guanidine groups is 1. The molecule has 1 aromatic rings. The number of nitrogens with one attached hydrogen (secondary N) is 2. The Morgan fingerprint density at radius 2 is 2.19 bits per heavy atom. The summed E-state index contributed by atoms with van der Waals surface area (Å²) in [5.41, 5.74) is 0.305. The van der Waals surface area contributed by atoms with Crippen LogP contribution in [0.25, 0.3) is 0 Å². The Balaban J connectivity index is 0.00000210. The summed E-state index contributed by atoms with van der Waals surface area (Å²) in [6.07, 6.45) is 8.62. The second kappa shape index (κ2) is 8.46. The summed E-state index contributed by atoms with van der Waals surface area (Å²) in [6.45, 7) is 7.87. The first-order valence-corrected chi connectivity index (χ1v) is 9.78. The Bertz CT molecular complexity index is 696. The lowest BCUT2D eigenvalue weighted by Gasteiger charge is -2.57. The third kappa shape index (κ3) is 3.62. The molecule has 7 nitrogen and oxygen atoms in total. The van der Waals surface area contributed by atoms with Crippen molar-refractivity contribution in [2.45, 2.75) is 57.7 Å². The molecule has 0 bridgehead atoms. The van der Waals surface area contributed by atoms with Crippen molar-refractivity contribution in [3.8, 4) is 0 Å². The number of fused-ring (bicyclic) bond motifs is 2. The molecule has 3 unspecified atom stereocenters. The first-order valence-electron chi connectivity index (χ1n) is 9.78. The summed E-state index contributed by atoms with van der Waals surface area (Å²) < 4.78 is 8.08. The summed E-state index contributed by atoms with van der Waals surface area (Å²) >= 11 is 0. The van der Waals surface area contributed by atoms with Crippen LogP contribution in [0.3, 0.4) is 0 Å². The van der Waals surface area contributed by atoms with Gasteiger partial charge in [0.25, 0.3) is 0 Å². The van der Waals surface area contributed by atoms with Gasteiger partial charge in [-0.15, -0.1) is 40.8 Å². The van der Waals surface area contributed by atoms with E-state index in [-0.39, 0.29) is 24.0 Å². The molecular formula is C19H31IN6O. The van der Waals surface area contributed by atoms with Gasteiger partial charge in [0.05, 0.1) is 6.10 Å². The minimum atomic E-state index is 0. The number of rotatable bonds is 5. The highest BCUT2D eigenvalue weighted by molar-refractivity contribution is 14.0. The average Bonchev–Trinajstić information content (AvgIpc) is 3.36. The predicted octanol–water partition coefficient (Wildman–Crippen LogP) is 2.31. The SMILES string of the molecule is C=CCNC(=NCc1nnc(C)n1C)NC1C2CCOC2C12CCCC2.I. The van der Waals surface area contributed by atoms with Gasteiger partial charge in [-0.25, -0.2) is 4.99 Å². The van der Waals surface area contributed by atoms with Gasteiger partial charge in [-0.05, 0) is 26.2 Å². The summed E-state index contributed by atoms with van der Waals surface area (Å²) in [4.78, 5) is 4.78. The van der Waals surface area contributed by atoms with Crippen molar-refractivity contribution in [2.24, 2.45) is 23.4 Å². The number of hydrogen-bond donors (Lipinski definition) is 2. The molecule has 3 atom stereocenters. The van der Waals surface area contributed by atoms with Crippen molar-refractivity contribution in [1.82, 2.24) is 25.4 Å². The number of aliphatic imine (C=N–C) groups is 1. The zero-order valence-electron chi connectivity index (χ0n) is 16.3. The Morgan fingerprint density at radius 3 is 2.85 bits per heavy atom. The van der Waals surface area contributed by atoms with Crippen molar-refractivity contribution >= 4 is 29.9 Å². The van der Waals surface area contributed by atoms with E-state index in [1.165, 1.54) is 25.7 Å². The quantitative estimate of drug-likeness (QED) is 0.289. The minimum Gasteiger partial charge on any atom is -0.377 e. The van der Waals surface area contributed by atoms with E-state index >= 15 is 0 Å². The molecule has 0 aromatic carbocycles. The Hall–Kier alpha value is -1.16. The van der Waals surface area contributed by atoms with E-state index in [4.69, 9.17) is 9.73 Å². The molecule has 1 spiro atoms. The molecule has 150 valence electrons. The number of aryl methyl sites for hydroxylation is 1. The summed E-state index contributed by atoms with van der Waals surface area (Å²) in [5, 5.41) is 15.4.